The quantitative estimate of drug-likeness (QED) is 0.760. The number of hydrogen-bond donors (Lipinski definition) is 2. The number of nitrogens with zero attached hydrogens (tertiary/aromatic N) is 2. The summed E-state index contributed by atoms with van der Waals surface area (Å²) in [5, 5.41) is 0. The maximum atomic E-state index is 12.0. The molecule has 0 saturated carbocycles. The molecule has 1 heterocycles. The van der Waals surface area contributed by atoms with Crippen LogP contribution >= 0.6 is 28.1 Å². The summed E-state index contributed by atoms with van der Waals surface area (Å²) in [6, 6.07) is 6.71. The molecule has 2 aromatic rings. The molecule has 21 heavy (non-hydrogen) atoms. The van der Waals surface area contributed by atoms with Gasteiger partial charge in [-0.2, -0.15) is 0 Å². The lowest BCUT2D eigenvalue weighted by atomic mass is 10.1. The monoisotopic (exact) mass is 386 g/mol. The van der Waals surface area contributed by atoms with Crippen molar-refractivity contribution in [3.63, 3.8) is 0 Å². The second kappa shape index (κ2) is 6.46. The van der Waals surface area contributed by atoms with Crippen LogP contribution in [0.5, 0.6) is 0 Å². The zero-order valence-corrected chi connectivity index (χ0v) is 13.9. The summed E-state index contributed by atoms with van der Waals surface area (Å²) >= 11 is 7.97. The summed E-state index contributed by atoms with van der Waals surface area (Å²) in [6.45, 7) is 0. The number of anilines is 1. The maximum absolute atomic E-state index is 12.0. The van der Waals surface area contributed by atoms with E-state index in [2.05, 4.69) is 30.6 Å². The number of benzene rings is 1. The van der Waals surface area contributed by atoms with Gasteiger partial charge < -0.3 is 5.73 Å². The molecule has 0 spiro atoms. The minimum absolute atomic E-state index is 0.165. The van der Waals surface area contributed by atoms with Crippen LogP contribution in [0.1, 0.15) is 11.1 Å². The fourth-order valence-corrected chi connectivity index (χ4v) is 3.01. The zero-order chi connectivity index (χ0) is 15.5. The Bertz CT molecular complexity index is 746. The Morgan fingerprint density at radius 2 is 1.90 bits per heavy atom. The molecule has 9 heteroatoms. The molecule has 1 aromatic carbocycles. The van der Waals surface area contributed by atoms with E-state index in [1.165, 1.54) is 12.4 Å². The first kappa shape index (κ1) is 15.8. The Morgan fingerprint density at radius 3 is 2.43 bits per heavy atom. The summed E-state index contributed by atoms with van der Waals surface area (Å²) in [6.07, 6.45) is 2.74. The van der Waals surface area contributed by atoms with E-state index in [0.29, 0.717) is 15.7 Å². The molecular weight excluding hydrogens is 376 g/mol. The second-order valence-corrected chi connectivity index (χ2v) is 7.12. The third-order valence-electron chi connectivity index (χ3n) is 2.48. The Balaban J connectivity index is 2.10. The van der Waals surface area contributed by atoms with Crippen molar-refractivity contribution in [1.82, 2.24) is 9.97 Å². The fourth-order valence-electron chi connectivity index (χ4n) is 1.55. The molecule has 0 aliphatic carbocycles. The number of halogens is 1. The van der Waals surface area contributed by atoms with Gasteiger partial charge in [0, 0.05) is 5.56 Å². The molecule has 0 aliphatic heterocycles. The van der Waals surface area contributed by atoms with E-state index in [4.69, 9.17) is 18.0 Å². The molecule has 110 valence electrons. The van der Waals surface area contributed by atoms with Crippen molar-refractivity contribution < 1.29 is 8.42 Å². The standard InChI is InChI=1S/C12H11BrN4O2S2/c13-10-5-16-11(6-15-10)17-21(18,19)7-8-1-3-9(4-2-8)12(14)20/h1-6H,7H2,(H2,14,20)(H,16,17). The van der Waals surface area contributed by atoms with Crippen LogP contribution in [0.2, 0.25) is 0 Å². The third kappa shape index (κ3) is 4.73. The van der Waals surface area contributed by atoms with Gasteiger partial charge in [-0.15, -0.1) is 0 Å². The molecule has 0 fully saturated rings. The number of nitrogens with one attached hydrogen (secondary N) is 1. The maximum Gasteiger partial charge on any atom is 0.238 e. The van der Waals surface area contributed by atoms with Crippen molar-refractivity contribution in [2.24, 2.45) is 5.73 Å². The van der Waals surface area contributed by atoms with Crippen molar-refractivity contribution in [2.75, 3.05) is 4.72 Å². The molecule has 6 nitrogen and oxygen atoms in total. The van der Waals surface area contributed by atoms with Crippen molar-refractivity contribution >= 4 is 49.0 Å². The average molecular weight is 387 g/mol. The van der Waals surface area contributed by atoms with Gasteiger partial charge in [0.25, 0.3) is 0 Å². The Labute approximate surface area is 136 Å². The van der Waals surface area contributed by atoms with E-state index >= 15 is 0 Å². The van der Waals surface area contributed by atoms with Crippen LogP contribution in [-0.2, 0) is 15.8 Å². The van der Waals surface area contributed by atoms with E-state index in [1.54, 1.807) is 24.3 Å². The molecule has 0 radical (unpaired) electrons. The zero-order valence-electron chi connectivity index (χ0n) is 10.7. The third-order valence-corrected chi connectivity index (χ3v) is 4.35. The molecule has 0 bridgehead atoms. The molecule has 0 aliphatic rings. The van der Waals surface area contributed by atoms with Gasteiger partial charge >= 0.3 is 0 Å². The highest BCUT2D eigenvalue weighted by Crippen LogP contribution is 2.12. The van der Waals surface area contributed by atoms with E-state index in [1.807, 2.05) is 0 Å². The van der Waals surface area contributed by atoms with Gasteiger partial charge in [0.2, 0.25) is 10.0 Å². The van der Waals surface area contributed by atoms with E-state index in [0.717, 1.165) is 0 Å². The van der Waals surface area contributed by atoms with Gasteiger partial charge in [0.1, 0.15) is 9.59 Å². The van der Waals surface area contributed by atoms with E-state index < -0.39 is 10.0 Å². The first-order chi connectivity index (χ1) is 9.85. The molecule has 3 N–H and O–H groups in total. The second-order valence-electron chi connectivity index (χ2n) is 4.15. The summed E-state index contributed by atoms with van der Waals surface area (Å²) in [7, 11) is -3.57. The van der Waals surface area contributed by atoms with E-state index in [-0.39, 0.29) is 16.6 Å². The smallest absolute Gasteiger partial charge is 0.238 e. The van der Waals surface area contributed by atoms with Gasteiger partial charge in [-0.25, -0.2) is 18.4 Å². The summed E-state index contributed by atoms with van der Waals surface area (Å²) in [5.41, 5.74) is 6.80. The van der Waals surface area contributed by atoms with Crippen LogP contribution in [-0.4, -0.2) is 23.4 Å². The number of nitrogens with two attached hydrogens (primary N) is 1. The normalized spacial score (nSPS) is 11.1. The lowest BCUT2D eigenvalue weighted by molar-refractivity contribution is 0.600. The van der Waals surface area contributed by atoms with Crippen molar-refractivity contribution in [3.8, 4) is 0 Å². The number of aromatic nitrogens is 2. The first-order valence-corrected chi connectivity index (χ1v) is 8.58. The van der Waals surface area contributed by atoms with Gasteiger partial charge in [-0.1, -0.05) is 36.5 Å². The number of rotatable bonds is 5. The molecule has 2 rings (SSSR count). The molecule has 0 amide bonds. The van der Waals surface area contributed by atoms with Gasteiger partial charge in [0.15, 0.2) is 5.82 Å². The number of hydrogen-bond acceptors (Lipinski definition) is 5. The number of thiocarbonyl (C=S) groups is 1. The highest BCUT2D eigenvalue weighted by Gasteiger charge is 2.13. The average Bonchev–Trinajstić information content (AvgIpc) is 2.41. The van der Waals surface area contributed by atoms with Crippen LogP contribution in [0.3, 0.4) is 0 Å². The molecular formula is C12H11BrN4O2S2. The highest BCUT2D eigenvalue weighted by molar-refractivity contribution is 9.10. The van der Waals surface area contributed by atoms with Crippen LogP contribution in [0, 0.1) is 0 Å². The highest BCUT2D eigenvalue weighted by atomic mass is 79.9. The lowest BCUT2D eigenvalue weighted by Gasteiger charge is -2.07. The minimum Gasteiger partial charge on any atom is -0.389 e. The van der Waals surface area contributed by atoms with Crippen molar-refractivity contribution in [2.45, 2.75) is 5.75 Å². The predicted molar refractivity (Wildman–Crippen MR) is 88.3 cm³/mol. The van der Waals surface area contributed by atoms with Crippen LogP contribution in [0.25, 0.3) is 0 Å². The van der Waals surface area contributed by atoms with Gasteiger partial charge in [-0.05, 0) is 21.5 Å². The van der Waals surface area contributed by atoms with E-state index in [9.17, 15) is 8.42 Å². The van der Waals surface area contributed by atoms with Crippen molar-refractivity contribution in [3.05, 3.63) is 52.4 Å². The van der Waals surface area contributed by atoms with Crippen LogP contribution in [0.15, 0.2) is 41.3 Å². The summed E-state index contributed by atoms with van der Waals surface area (Å²) in [5.74, 6) is -0.0134. The minimum atomic E-state index is -3.57. The lowest BCUT2D eigenvalue weighted by Crippen LogP contribution is -2.16. The molecule has 1 aromatic heterocycles. The SMILES string of the molecule is NC(=S)c1ccc(CS(=O)(=O)Nc2cnc(Br)cn2)cc1. The van der Waals surface area contributed by atoms with Crippen LogP contribution < -0.4 is 10.5 Å². The van der Waals surface area contributed by atoms with Gasteiger partial charge in [0.05, 0.1) is 18.1 Å². The fraction of sp³-hybridized carbons (Fsp3) is 0.0833. The molecule has 0 unspecified atom stereocenters. The summed E-state index contributed by atoms with van der Waals surface area (Å²) in [4.78, 5) is 8.08. The first-order valence-electron chi connectivity index (χ1n) is 5.72. The Kier molecular flexibility index (Phi) is 4.86. The molecule has 0 saturated heterocycles. The number of sulfonamides is 1. The van der Waals surface area contributed by atoms with Crippen molar-refractivity contribution in [1.29, 1.82) is 0 Å². The largest absolute Gasteiger partial charge is 0.389 e. The van der Waals surface area contributed by atoms with Gasteiger partial charge in [-0.3, -0.25) is 4.72 Å². The predicted octanol–water partition coefficient (Wildman–Crippen LogP) is 1.82. The Hall–Kier alpha value is -1.58. The molecule has 0 atom stereocenters. The topological polar surface area (TPSA) is 98.0 Å². The Morgan fingerprint density at radius 1 is 1.24 bits per heavy atom. The van der Waals surface area contributed by atoms with Crippen LogP contribution in [0.4, 0.5) is 5.82 Å². The summed E-state index contributed by atoms with van der Waals surface area (Å²) < 4.78 is 26.9.